The summed E-state index contributed by atoms with van der Waals surface area (Å²) in [5, 5.41) is 12.6. The SMILES string of the molecule is Nc1ccc(C(=O)c2cccs2)c([N+](=O)[O-])c1. The lowest BCUT2D eigenvalue weighted by atomic mass is 10.1. The minimum Gasteiger partial charge on any atom is -0.399 e. The van der Waals surface area contributed by atoms with Crippen molar-refractivity contribution in [2.24, 2.45) is 0 Å². The second kappa shape index (κ2) is 4.34. The Morgan fingerprint density at radius 2 is 2.12 bits per heavy atom. The molecule has 2 aromatic rings. The quantitative estimate of drug-likeness (QED) is 0.391. The molecule has 0 saturated heterocycles. The van der Waals surface area contributed by atoms with Gasteiger partial charge in [-0.1, -0.05) is 6.07 Å². The Morgan fingerprint density at radius 1 is 1.35 bits per heavy atom. The van der Waals surface area contributed by atoms with Gasteiger partial charge in [-0.05, 0) is 23.6 Å². The van der Waals surface area contributed by atoms with Gasteiger partial charge in [0.15, 0.2) is 0 Å². The molecule has 6 heteroatoms. The molecule has 0 aliphatic rings. The number of benzene rings is 1. The van der Waals surface area contributed by atoms with E-state index in [1.54, 1.807) is 17.5 Å². The van der Waals surface area contributed by atoms with Crippen molar-refractivity contribution >= 4 is 28.5 Å². The fourth-order valence-corrected chi connectivity index (χ4v) is 2.11. The molecule has 1 aromatic heterocycles. The predicted octanol–water partition coefficient (Wildman–Crippen LogP) is 2.47. The van der Waals surface area contributed by atoms with E-state index in [1.807, 2.05) is 0 Å². The molecule has 0 fully saturated rings. The average Bonchev–Trinajstić information content (AvgIpc) is 2.81. The largest absolute Gasteiger partial charge is 0.399 e. The molecule has 0 aliphatic carbocycles. The summed E-state index contributed by atoms with van der Waals surface area (Å²) >= 11 is 1.25. The van der Waals surface area contributed by atoms with Gasteiger partial charge in [0.2, 0.25) is 5.78 Å². The molecule has 0 saturated carbocycles. The molecule has 5 nitrogen and oxygen atoms in total. The van der Waals surface area contributed by atoms with E-state index in [0.717, 1.165) is 0 Å². The van der Waals surface area contributed by atoms with E-state index in [9.17, 15) is 14.9 Å². The van der Waals surface area contributed by atoms with Crippen molar-refractivity contribution in [3.8, 4) is 0 Å². The highest BCUT2D eigenvalue weighted by Gasteiger charge is 2.21. The third-order valence-electron chi connectivity index (χ3n) is 2.21. The number of nitrogen functional groups attached to an aromatic ring is 1. The molecule has 1 heterocycles. The molecule has 0 atom stereocenters. The number of nitro benzene ring substituents is 1. The first-order valence-corrected chi connectivity index (χ1v) is 5.59. The molecule has 0 bridgehead atoms. The van der Waals surface area contributed by atoms with Crippen molar-refractivity contribution in [2.75, 3.05) is 5.73 Å². The van der Waals surface area contributed by atoms with Gasteiger partial charge in [0, 0.05) is 11.8 Å². The number of nitrogens with two attached hydrogens (primary N) is 1. The van der Waals surface area contributed by atoms with Crippen LogP contribution >= 0.6 is 11.3 Å². The first-order valence-electron chi connectivity index (χ1n) is 4.71. The number of ketones is 1. The Labute approximate surface area is 101 Å². The van der Waals surface area contributed by atoms with Crippen LogP contribution in [0.5, 0.6) is 0 Å². The van der Waals surface area contributed by atoms with Crippen LogP contribution in [0.3, 0.4) is 0 Å². The van der Waals surface area contributed by atoms with E-state index in [0.29, 0.717) is 4.88 Å². The van der Waals surface area contributed by atoms with Crippen molar-refractivity contribution in [1.82, 2.24) is 0 Å². The summed E-state index contributed by atoms with van der Waals surface area (Å²) in [7, 11) is 0. The van der Waals surface area contributed by atoms with Gasteiger partial charge < -0.3 is 5.73 Å². The van der Waals surface area contributed by atoms with Crippen molar-refractivity contribution in [2.45, 2.75) is 0 Å². The van der Waals surface area contributed by atoms with Crippen molar-refractivity contribution in [3.05, 3.63) is 56.3 Å². The third kappa shape index (κ3) is 2.16. The molecule has 0 spiro atoms. The van der Waals surface area contributed by atoms with Crippen LogP contribution in [0.1, 0.15) is 15.2 Å². The van der Waals surface area contributed by atoms with Crippen molar-refractivity contribution in [3.63, 3.8) is 0 Å². The summed E-state index contributed by atoms with van der Waals surface area (Å²) in [4.78, 5) is 22.7. The van der Waals surface area contributed by atoms with Gasteiger partial charge >= 0.3 is 0 Å². The number of rotatable bonds is 3. The highest BCUT2D eigenvalue weighted by atomic mass is 32.1. The molecular weight excluding hydrogens is 240 g/mol. The highest BCUT2D eigenvalue weighted by Crippen LogP contribution is 2.25. The third-order valence-corrected chi connectivity index (χ3v) is 3.08. The zero-order chi connectivity index (χ0) is 12.4. The number of anilines is 1. The average molecular weight is 248 g/mol. The molecule has 17 heavy (non-hydrogen) atoms. The molecular formula is C11H8N2O3S. The van der Waals surface area contributed by atoms with Gasteiger partial charge in [0.05, 0.1) is 9.80 Å². The molecule has 1 aromatic carbocycles. The van der Waals surface area contributed by atoms with E-state index < -0.39 is 4.92 Å². The second-order valence-electron chi connectivity index (χ2n) is 3.34. The molecule has 0 aliphatic heterocycles. The number of carbonyl (C=O) groups excluding carboxylic acids is 1. The maximum Gasteiger partial charge on any atom is 0.282 e. The number of hydrogen-bond donors (Lipinski definition) is 1. The fourth-order valence-electron chi connectivity index (χ4n) is 1.43. The Balaban J connectivity index is 2.52. The summed E-state index contributed by atoms with van der Waals surface area (Å²) in [5.41, 5.74) is 5.54. The Kier molecular flexibility index (Phi) is 2.88. The number of thiophene rings is 1. The lowest BCUT2D eigenvalue weighted by Crippen LogP contribution is -2.04. The van der Waals surface area contributed by atoms with Gasteiger partial charge in [0.1, 0.15) is 5.56 Å². The minimum absolute atomic E-state index is 0.0617. The monoisotopic (exact) mass is 248 g/mol. The summed E-state index contributed by atoms with van der Waals surface area (Å²) in [5.74, 6) is -0.355. The lowest BCUT2D eigenvalue weighted by Gasteiger charge is -2.01. The lowest BCUT2D eigenvalue weighted by molar-refractivity contribution is -0.385. The number of nitrogens with zero attached hydrogens (tertiary/aromatic N) is 1. The predicted molar refractivity (Wildman–Crippen MR) is 65.3 cm³/mol. The Bertz CT molecular complexity index is 578. The van der Waals surface area contributed by atoms with Crippen LogP contribution in [-0.2, 0) is 0 Å². The Hall–Kier alpha value is -2.21. The minimum atomic E-state index is -0.600. The van der Waals surface area contributed by atoms with Gasteiger partial charge in [0.25, 0.3) is 5.69 Å². The van der Waals surface area contributed by atoms with Crippen LogP contribution in [0.25, 0.3) is 0 Å². The standard InChI is InChI=1S/C11H8N2O3S/c12-7-3-4-8(9(6-7)13(15)16)11(14)10-2-1-5-17-10/h1-6H,12H2. The maximum absolute atomic E-state index is 12.0. The van der Waals surface area contributed by atoms with Crippen LogP contribution < -0.4 is 5.73 Å². The number of carbonyl (C=O) groups is 1. The smallest absolute Gasteiger partial charge is 0.282 e. The van der Waals surface area contributed by atoms with Gasteiger partial charge in [-0.3, -0.25) is 14.9 Å². The first kappa shape index (κ1) is 11.3. The summed E-state index contributed by atoms with van der Waals surface area (Å²) < 4.78 is 0. The van der Waals surface area contributed by atoms with Gasteiger partial charge in [-0.15, -0.1) is 11.3 Å². The summed E-state index contributed by atoms with van der Waals surface area (Å²) in [6.45, 7) is 0. The molecule has 0 amide bonds. The van der Waals surface area contributed by atoms with Crippen LogP contribution in [0.4, 0.5) is 11.4 Å². The number of nitro groups is 1. The van der Waals surface area contributed by atoms with Crippen LogP contribution in [0.2, 0.25) is 0 Å². The second-order valence-corrected chi connectivity index (χ2v) is 4.29. The molecule has 0 radical (unpaired) electrons. The fraction of sp³-hybridized carbons (Fsp3) is 0. The van der Waals surface area contributed by atoms with E-state index in [-0.39, 0.29) is 22.7 Å². The molecule has 2 N–H and O–H groups in total. The van der Waals surface area contributed by atoms with E-state index in [4.69, 9.17) is 5.73 Å². The van der Waals surface area contributed by atoms with E-state index in [1.165, 1.54) is 29.5 Å². The van der Waals surface area contributed by atoms with Gasteiger partial charge in [-0.25, -0.2) is 0 Å². The van der Waals surface area contributed by atoms with Gasteiger partial charge in [-0.2, -0.15) is 0 Å². The summed E-state index contributed by atoms with van der Waals surface area (Å²) in [6.07, 6.45) is 0. The summed E-state index contributed by atoms with van der Waals surface area (Å²) in [6, 6.07) is 7.41. The highest BCUT2D eigenvalue weighted by molar-refractivity contribution is 7.12. The molecule has 0 unspecified atom stereocenters. The maximum atomic E-state index is 12.0. The first-order chi connectivity index (χ1) is 8.09. The Morgan fingerprint density at radius 3 is 2.71 bits per heavy atom. The zero-order valence-corrected chi connectivity index (χ0v) is 9.44. The van der Waals surface area contributed by atoms with E-state index >= 15 is 0 Å². The van der Waals surface area contributed by atoms with Crippen molar-refractivity contribution < 1.29 is 9.72 Å². The normalized spacial score (nSPS) is 10.1. The zero-order valence-electron chi connectivity index (χ0n) is 8.62. The van der Waals surface area contributed by atoms with Crippen LogP contribution in [0.15, 0.2) is 35.7 Å². The van der Waals surface area contributed by atoms with Crippen molar-refractivity contribution in [1.29, 1.82) is 0 Å². The topological polar surface area (TPSA) is 86.2 Å². The van der Waals surface area contributed by atoms with Crippen LogP contribution in [0, 0.1) is 10.1 Å². The van der Waals surface area contributed by atoms with E-state index in [2.05, 4.69) is 0 Å². The molecule has 86 valence electrons. The van der Waals surface area contributed by atoms with Crippen LogP contribution in [-0.4, -0.2) is 10.7 Å². The number of hydrogen-bond acceptors (Lipinski definition) is 5. The molecule has 2 rings (SSSR count).